The number of hydrogen-bond acceptors (Lipinski definition) is 3. The number of hydrogen-bond donors (Lipinski definition) is 1. The number of nitrogens with one attached hydrogen (secondary N) is 1. The largest absolute Gasteiger partial charge is 0.416 e. The first kappa shape index (κ1) is 13.9. The van der Waals surface area contributed by atoms with E-state index < -0.39 is 11.7 Å². The van der Waals surface area contributed by atoms with Crippen molar-refractivity contribution in [2.24, 2.45) is 0 Å². The molecule has 0 bridgehead atoms. The third-order valence-electron chi connectivity index (χ3n) is 3.00. The van der Waals surface area contributed by atoms with E-state index >= 15 is 0 Å². The minimum atomic E-state index is -4.32. The van der Waals surface area contributed by atoms with Crippen LogP contribution < -0.4 is 5.32 Å². The summed E-state index contributed by atoms with van der Waals surface area (Å²) in [6.45, 7) is 0.590. The van der Waals surface area contributed by atoms with Crippen molar-refractivity contribution in [2.75, 3.05) is 5.32 Å². The van der Waals surface area contributed by atoms with Crippen molar-refractivity contribution in [1.29, 1.82) is 0 Å². The van der Waals surface area contributed by atoms with Gasteiger partial charge in [0, 0.05) is 6.54 Å². The van der Waals surface area contributed by atoms with Crippen LogP contribution in [0.2, 0.25) is 0 Å². The Balaban J connectivity index is 1.81. The predicted molar refractivity (Wildman–Crippen MR) is 78.4 cm³/mol. The Bertz CT molecular complexity index is 750. The molecule has 3 aromatic rings. The maximum Gasteiger partial charge on any atom is 0.416 e. The lowest BCUT2D eigenvalue weighted by molar-refractivity contribution is -0.137. The number of halogens is 3. The summed E-state index contributed by atoms with van der Waals surface area (Å²) < 4.78 is 38.5. The van der Waals surface area contributed by atoms with Crippen LogP contribution in [0.5, 0.6) is 0 Å². The summed E-state index contributed by atoms with van der Waals surface area (Å²) in [4.78, 5) is 4.29. The maximum atomic E-state index is 12.7. The van der Waals surface area contributed by atoms with Gasteiger partial charge in [-0.1, -0.05) is 41.7 Å². The van der Waals surface area contributed by atoms with Crippen LogP contribution >= 0.6 is 11.3 Å². The molecular formula is C15H11F3N2S. The van der Waals surface area contributed by atoms with E-state index in [1.165, 1.54) is 17.4 Å². The highest BCUT2D eigenvalue weighted by molar-refractivity contribution is 7.22. The Labute approximate surface area is 123 Å². The van der Waals surface area contributed by atoms with Crippen molar-refractivity contribution in [3.05, 3.63) is 59.7 Å². The maximum absolute atomic E-state index is 12.7. The molecule has 6 heteroatoms. The van der Waals surface area contributed by atoms with Crippen molar-refractivity contribution in [2.45, 2.75) is 12.7 Å². The van der Waals surface area contributed by atoms with E-state index in [0.29, 0.717) is 21.9 Å². The Morgan fingerprint density at radius 3 is 2.52 bits per heavy atom. The van der Waals surface area contributed by atoms with Gasteiger partial charge in [0.1, 0.15) is 0 Å². The highest BCUT2D eigenvalue weighted by atomic mass is 32.1. The van der Waals surface area contributed by atoms with Crippen LogP contribution in [0.15, 0.2) is 48.5 Å². The molecule has 0 unspecified atom stereocenters. The van der Waals surface area contributed by atoms with E-state index in [4.69, 9.17) is 0 Å². The Kier molecular flexibility index (Phi) is 3.55. The molecule has 0 aliphatic carbocycles. The van der Waals surface area contributed by atoms with Gasteiger partial charge in [0.25, 0.3) is 0 Å². The van der Waals surface area contributed by atoms with Gasteiger partial charge in [-0.3, -0.25) is 0 Å². The standard InChI is InChI=1S/C15H11F3N2S/c16-15(17,18)11-6-7-12-13(8-11)21-14(20-12)19-9-10-4-2-1-3-5-10/h1-8H,9H2,(H,19,20). The van der Waals surface area contributed by atoms with E-state index in [1.807, 2.05) is 30.3 Å². The third-order valence-corrected chi connectivity index (χ3v) is 3.98. The summed E-state index contributed by atoms with van der Waals surface area (Å²) in [5.41, 5.74) is 1.02. The molecule has 0 amide bonds. The van der Waals surface area contributed by atoms with Gasteiger partial charge < -0.3 is 5.32 Å². The molecule has 2 aromatic carbocycles. The van der Waals surface area contributed by atoms with Gasteiger partial charge in [-0.15, -0.1) is 0 Å². The van der Waals surface area contributed by atoms with Crippen LogP contribution in [0.4, 0.5) is 18.3 Å². The smallest absolute Gasteiger partial charge is 0.357 e. The van der Waals surface area contributed by atoms with Crippen molar-refractivity contribution < 1.29 is 13.2 Å². The number of rotatable bonds is 3. The molecule has 0 aliphatic heterocycles. The first-order valence-electron chi connectivity index (χ1n) is 6.28. The van der Waals surface area contributed by atoms with Crippen LogP contribution in [0.1, 0.15) is 11.1 Å². The topological polar surface area (TPSA) is 24.9 Å². The van der Waals surface area contributed by atoms with Gasteiger partial charge in [0.2, 0.25) is 0 Å². The van der Waals surface area contributed by atoms with Crippen molar-refractivity contribution in [3.63, 3.8) is 0 Å². The Morgan fingerprint density at radius 1 is 1.05 bits per heavy atom. The molecule has 0 spiro atoms. The summed E-state index contributed by atoms with van der Waals surface area (Å²) in [7, 11) is 0. The molecule has 0 fully saturated rings. The molecule has 108 valence electrons. The summed E-state index contributed by atoms with van der Waals surface area (Å²) in [6.07, 6.45) is -4.32. The quantitative estimate of drug-likeness (QED) is 0.742. The highest BCUT2D eigenvalue weighted by Gasteiger charge is 2.30. The lowest BCUT2D eigenvalue weighted by Crippen LogP contribution is -2.03. The Morgan fingerprint density at radius 2 is 1.81 bits per heavy atom. The van der Waals surface area contributed by atoms with Crippen LogP contribution in [0.25, 0.3) is 10.2 Å². The van der Waals surface area contributed by atoms with Crippen LogP contribution in [-0.2, 0) is 12.7 Å². The van der Waals surface area contributed by atoms with Gasteiger partial charge in [0.15, 0.2) is 5.13 Å². The van der Waals surface area contributed by atoms with E-state index in [0.717, 1.165) is 17.7 Å². The molecular weight excluding hydrogens is 297 g/mol. The third kappa shape index (κ3) is 3.16. The highest BCUT2D eigenvalue weighted by Crippen LogP contribution is 2.34. The number of aromatic nitrogens is 1. The first-order chi connectivity index (χ1) is 10.0. The van der Waals surface area contributed by atoms with Gasteiger partial charge in [0.05, 0.1) is 15.8 Å². The molecule has 0 saturated carbocycles. The van der Waals surface area contributed by atoms with Gasteiger partial charge >= 0.3 is 6.18 Å². The molecule has 3 rings (SSSR count). The number of benzene rings is 2. The van der Waals surface area contributed by atoms with Crippen molar-refractivity contribution in [1.82, 2.24) is 4.98 Å². The summed E-state index contributed by atoms with van der Waals surface area (Å²) >= 11 is 1.22. The number of anilines is 1. The molecule has 0 aliphatic rings. The van der Waals surface area contributed by atoms with Gasteiger partial charge in [-0.05, 0) is 23.8 Å². The molecule has 1 heterocycles. The number of alkyl halides is 3. The van der Waals surface area contributed by atoms with E-state index in [9.17, 15) is 13.2 Å². The number of thiazole rings is 1. The Hall–Kier alpha value is -2.08. The lowest BCUT2D eigenvalue weighted by atomic mass is 10.2. The van der Waals surface area contributed by atoms with E-state index in [1.54, 1.807) is 0 Å². The summed E-state index contributed by atoms with van der Waals surface area (Å²) in [5.74, 6) is 0. The normalized spacial score (nSPS) is 11.8. The van der Waals surface area contributed by atoms with Gasteiger partial charge in [-0.2, -0.15) is 13.2 Å². The second-order valence-corrected chi connectivity index (χ2v) is 5.57. The van der Waals surface area contributed by atoms with Crippen molar-refractivity contribution >= 4 is 26.7 Å². The fourth-order valence-electron chi connectivity index (χ4n) is 1.95. The lowest BCUT2D eigenvalue weighted by Gasteiger charge is -2.04. The van der Waals surface area contributed by atoms with E-state index in [-0.39, 0.29) is 0 Å². The molecule has 0 radical (unpaired) electrons. The monoisotopic (exact) mass is 308 g/mol. The molecule has 1 N–H and O–H groups in total. The first-order valence-corrected chi connectivity index (χ1v) is 7.09. The molecule has 2 nitrogen and oxygen atoms in total. The number of nitrogens with zero attached hydrogens (tertiary/aromatic N) is 1. The summed E-state index contributed by atoms with van der Waals surface area (Å²) in [5, 5.41) is 3.75. The zero-order valence-electron chi connectivity index (χ0n) is 10.8. The minimum Gasteiger partial charge on any atom is -0.357 e. The van der Waals surface area contributed by atoms with Gasteiger partial charge in [-0.25, -0.2) is 4.98 Å². The second-order valence-electron chi connectivity index (χ2n) is 4.54. The molecule has 21 heavy (non-hydrogen) atoms. The zero-order chi connectivity index (χ0) is 14.9. The van der Waals surface area contributed by atoms with Crippen LogP contribution in [0.3, 0.4) is 0 Å². The predicted octanol–water partition coefficient (Wildman–Crippen LogP) is 4.93. The molecule has 0 saturated heterocycles. The van der Waals surface area contributed by atoms with Crippen LogP contribution in [0, 0.1) is 0 Å². The second kappa shape index (κ2) is 5.37. The average Bonchev–Trinajstić information content (AvgIpc) is 2.87. The average molecular weight is 308 g/mol. The zero-order valence-corrected chi connectivity index (χ0v) is 11.6. The fraction of sp³-hybridized carbons (Fsp3) is 0.133. The van der Waals surface area contributed by atoms with E-state index in [2.05, 4.69) is 10.3 Å². The fourth-order valence-corrected chi connectivity index (χ4v) is 2.85. The van der Waals surface area contributed by atoms with Crippen molar-refractivity contribution in [3.8, 4) is 0 Å². The molecule has 1 aromatic heterocycles. The summed E-state index contributed by atoms with van der Waals surface area (Å²) in [6, 6.07) is 13.4. The number of fused-ring (bicyclic) bond motifs is 1. The van der Waals surface area contributed by atoms with Crippen LogP contribution in [-0.4, -0.2) is 4.98 Å². The SMILES string of the molecule is FC(F)(F)c1ccc2nc(NCc3ccccc3)sc2c1. The molecule has 0 atom stereocenters. The minimum absolute atomic E-state index is 0.528.